The third kappa shape index (κ3) is 7.14. The molecule has 2 N–H and O–H groups in total. The second kappa shape index (κ2) is 12.8. The number of aryl methyl sites for hydroxylation is 1. The van der Waals surface area contributed by atoms with Crippen molar-refractivity contribution in [3.8, 4) is 5.75 Å². The van der Waals surface area contributed by atoms with Gasteiger partial charge in [-0.05, 0) is 66.7 Å². The SMILES string of the molecule is COc1ccccc1NC(=O)CN1C(=O)S/C(=C\c2ccc(C(=O)OCC(=O)Nc3ccc(C)cc3)cc2)C1=O. The van der Waals surface area contributed by atoms with Crippen molar-refractivity contribution in [2.24, 2.45) is 0 Å². The Morgan fingerprint density at radius 2 is 1.60 bits per heavy atom. The van der Waals surface area contributed by atoms with Crippen LogP contribution in [0.15, 0.2) is 77.7 Å². The van der Waals surface area contributed by atoms with Crippen LogP contribution in [-0.2, 0) is 19.1 Å². The molecular weight excluding hydrogens is 534 g/mol. The van der Waals surface area contributed by atoms with Crippen molar-refractivity contribution >= 4 is 58.1 Å². The fourth-order valence-electron chi connectivity index (χ4n) is 3.63. The van der Waals surface area contributed by atoms with Crippen LogP contribution < -0.4 is 15.4 Å². The molecule has 1 aliphatic rings. The fourth-order valence-corrected chi connectivity index (χ4v) is 4.47. The first-order valence-electron chi connectivity index (χ1n) is 12.1. The maximum absolute atomic E-state index is 12.8. The van der Waals surface area contributed by atoms with Crippen molar-refractivity contribution in [2.75, 3.05) is 30.9 Å². The summed E-state index contributed by atoms with van der Waals surface area (Å²) < 4.78 is 10.3. The summed E-state index contributed by atoms with van der Waals surface area (Å²) in [5.74, 6) is -1.87. The van der Waals surface area contributed by atoms with Crippen molar-refractivity contribution in [3.63, 3.8) is 0 Å². The molecule has 3 aromatic rings. The lowest BCUT2D eigenvalue weighted by atomic mass is 10.1. The number of hydrogen-bond donors (Lipinski definition) is 2. The van der Waals surface area contributed by atoms with Gasteiger partial charge in [0.2, 0.25) is 5.91 Å². The number of ether oxygens (including phenoxy) is 2. The Hall–Kier alpha value is -4.90. The number of nitrogens with zero attached hydrogens (tertiary/aromatic N) is 1. The number of carbonyl (C=O) groups is 5. The van der Waals surface area contributed by atoms with Crippen LogP contribution >= 0.6 is 11.8 Å². The van der Waals surface area contributed by atoms with Gasteiger partial charge in [-0.3, -0.25) is 24.1 Å². The van der Waals surface area contributed by atoms with Crippen LogP contribution in [0.5, 0.6) is 5.75 Å². The van der Waals surface area contributed by atoms with Gasteiger partial charge in [0.1, 0.15) is 12.3 Å². The number of anilines is 2. The summed E-state index contributed by atoms with van der Waals surface area (Å²) >= 11 is 0.714. The summed E-state index contributed by atoms with van der Waals surface area (Å²) in [6.07, 6.45) is 1.49. The highest BCUT2D eigenvalue weighted by molar-refractivity contribution is 8.18. The van der Waals surface area contributed by atoms with Gasteiger partial charge in [-0.15, -0.1) is 0 Å². The van der Waals surface area contributed by atoms with E-state index in [4.69, 9.17) is 9.47 Å². The van der Waals surface area contributed by atoms with E-state index in [-0.39, 0.29) is 10.5 Å². The lowest BCUT2D eigenvalue weighted by molar-refractivity contribution is -0.127. The van der Waals surface area contributed by atoms with Gasteiger partial charge in [-0.25, -0.2) is 4.79 Å². The van der Waals surface area contributed by atoms with Crippen LogP contribution in [0.3, 0.4) is 0 Å². The molecule has 0 unspecified atom stereocenters. The molecule has 0 bridgehead atoms. The van der Waals surface area contributed by atoms with Crippen LogP contribution in [0.1, 0.15) is 21.5 Å². The number of para-hydroxylation sites is 2. The Balaban J connectivity index is 1.31. The number of methoxy groups -OCH3 is 1. The molecule has 0 saturated carbocycles. The lowest BCUT2D eigenvalue weighted by Crippen LogP contribution is -2.36. The number of thioether (sulfide) groups is 1. The summed E-state index contributed by atoms with van der Waals surface area (Å²) in [6.45, 7) is 1.02. The number of benzene rings is 3. The van der Waals surface area contributed by atoms with Crippen molar-refractivity contribution in [1.82, 2.24) is 4.90 Å². The average molecular weight is 560 g/mol. The molecule has 0 radical (unpaired) electrons. The molecule has 10 nitrogen and oxygen atoms in total. The smallest absolute Gasteiger partial charge is 0.338 e. The largest absolute Gasteiger partial charge is 0.495 e. The number of rotatable bonds is 9. The van der Waals surface area contributed by atoms with Gasteiger partial charge in [0, 0.05) is 5.69 Å². The molecule has 1 saturated heterocycles. The third-order valence-electron chi connectivity index (χ3n) is 5.67. The first kappa shape index (κ1) is 28.1. The van der Waals surface area contributed by atoms with Gasteiger partial charge >= 0.3 is 5.97 Å². The summed E-state index contributed by atoms with van der Waals surface area (Å²) in [6, 6.07) is 20.1. The first-order valence-corrected chi connectivity index (χ1v) is 12.9. The predicted molar refractivity (Wildman–Crippen MR) is 151 cm³/mol. The number of imide groups is 1. The molecule has 4 rings (SSSR count). The Labute approximate surface area is 234 Å². The molecule has 0 spiro atoms. The summed E-state index contributed by atoms with van der Waals surface area (Å²) in [4.78, 5) is 63.1. The quantitative estimate of drug-likeness (QED) is 0.290. The van der Waals surface area contributed by atoms with Crippen LogP contribution in [0.4, 0.5) is 16.2 Å². The summed E-state index contributed by atoms with van der Waals surface area (Å²) in [5, 5.41) is 4.71. The van der Waals surface area contributed by atoms with Crippen molar-refractivity contribution in [3.05, 3.63) is 94.4 Å². The van der Waals surface area contributed by atoms with Crippen LogP contribution in [-0.4, -0.2) is 54.1 Å². The topological polar surface area (TPSA) is 131 Å². The van der Waals surface area contributed by atoms with E-state index in [0.29, 0.717) is 34.4 Å². The van der Waals surface area contributed by atoms with E-state index in [0.717, 1.165) is 10.5 Å². The molecule has 0 aliphatic carbocycles. The minimum absolute atomic E-state index is 0.137. The molecular formula is C29H25N3O7S. The number of nitrogens with one attached hydrogen (secondary N) is 2. The van der Waals surface area contributed by atoms with Gasteiger partial charge in [0.05, 0.1) is 23.3 Å². The fraction of sp³-hybridized carbons (Fsp3) is 0.138. The molecule has 204 valence electrons. The maximum Gasteiger partial charge on any atom is 0.338 e. The van der Waals surface area contributed by atoms with Gasteiger partial charge < -0.3 is 20.1 Å². The second-order valence-corrected chi connectivity index (χ2v) is 9.62. The van der Waals surface area contributed by atoms with Gasteiger partial charge in [0.15, 0.2) is 6.61 Å². The Kier molecular flexibility index (Phi) is 8.97. The molecule has 40 heavy (non-hydrogen) atoms. The van der Waals surface area contributed by atoms with Crippen LogP contribution in [0, 0.1) is 6.92 Å². The van der Waals surface area contributed by atoms with Gasteiger partial charge in [-0.1, -0.05) is 42.0 Å². The van der Waals surface area contributed by atoms with Crippen LogP contribution in [0.25, 0.3) is 6.08 Å². The minimum atomic E-state index is -0.688. The molecule has 1 aliphatic heterocycles. The third-order valence-corrected chi connectivity index (χ3v) is 6.58. The van der Waals surface area contributed by atoms with Crippen molar-refractivity contribution in [2.45, 2.75) is 6.92 Å². The highest BCUT2D eigenvalue weighted by Gasteiger charge is 2.36. The Morgan fingerprint density at radius 3 is 2.30 bits per heavy atom. The predicted octanol–water partition coefficient (Wildman–Crippen LogP) is 4.47. The highest BCUT2D eigenvalue weighted by atomic mass is 32.2. The first-order chi connectivity index (χ1) is 19.2. The second-order valence-electron chi connectivity index (χ2n) is 8.63. The average Bonchev–Trinajstić information content (AvgIpc) is 3.20. The van der Waals surface area contributed by atoms with E-state index in [1.54, 1.807) is 48.5 Å². The molecule has 0 atom stereocenters. The van der Waals surface area contributed by atoms with E-state index < -0.39 is 42.1 Å². The molecule has 3 aromatic carbocycles. The maximum atomic E-state index is 12.8. The number of amides is 4. The van der Waals surface area contributed by atoms with E-state index in [2.05, 4.69) is 10.6 Å². The minimum Gasteiger partial charge on any atom is -0.495 e. The van der Waals surface area contributed by atoms with Gasteiger partial charge in [0.25, 0.3) is 17.1 Å². The van der Waals surface area contributed by atoms with Crippen molar-refractivity contribution in [1.29, 1.82) is 0 Å². The number of hydrogen-bond acceptors (Lipinski definition) is 8. The van der Waals surface area contributed by atoms with E-state index in [1.807, 2.05) is 19.1 Å². The van der Waals surface area contributed by atoms with Crippen LogP contribution in [0.2, 0.25) is 0 Å². The molecule has 0 aromatic heterocycles. The zero-order chi connectivity index (χ0) is 28.6. The van der Waals surface area contributed by atoms with E-state index >= 15 is 0 Å². The molecule has 1 heterocycles. The summed E-state index contributed by atoms with van der Waals surface area (Å²) in [5.41, 5.74) is 2.83. The van der Waals surface area contributed by atoms with Gasteiger partial charge in [-0.2, -0.15) is 0 Å². The zero-order valence-corrected chi connectivity index (χ0v) is 22.4. The van der Waals surface area contributed by atoms with E-state index in [1.165, 1.54) is 25.3 Å². The zero-order valence-electron chi connectivity index (χ0n) is 21.6. The van der Waals surface area contributed by atoms with Crippen molar-refractivity contribution < 1.29 is 33.4 Å². The molecule has 11 heteroatoms. The lowest BCUT2D eigenvalue weighted by Gasteiger charge is -2.14. The number of carbonyl (C=O) groups excluding carboxylic acids is 5. The Bertz CT molecular complexity index is 1480. The normalized spacial score (nSPS) is 13.8. The summed E-state index contributed by atoms with van der Waals surface area (Å²) in [7, 11) is 1.47. The monoisotopic (exact) mass is 559 g/mol. The molecule has 1 fully saturated rings. The highest BCUT2D eigenvalue weighted by Crippen LogP contribution is 2.32. The molecule has 4 amide bonds. The standard InChI is InChI=1S/C29H25N3O7S/c1-18-7-13-21(14-8-18)30-26(34)17-39-28(36)20-11-9-19(10-12-20)15-24-27(35)32(29(37)40-24)16-25(33)31-22-5-3-4-6-23(22)38-2/h3-15H,16-17H2,1-2H3,(H,30,34)(H,31,33)/b24-15-. The Morgan fingerprint density at radius 1 is 0.900 bits per heavy atom. The van der Waals surface area contributed by atoms with E-state index in [9.17, 15) is 24.0 Å². The number of esters is 1.